The maximum atomic E-state index is 12.3. The van der Waals surface area contributed by atoms with Crippen LogP contribution in [0.4, 0.5) is 10.6 Å². The number of hydrogen-bond acceptors (Lipinski definition) is 4. The molecule has 1 aliphatic heterocycles. The maximum absolute atomic E-state index is 12.3. The second-order valence-electron chi connectivity index (χ2n) is 8.49. The predicted octanol–water partition coefficient (Wildman–Crippen LogP) is 4.46. The van der Waals surface area contributed by atoms with Crippen LogP contribution >= 0.6 is 0 Å². The zero-order chi connectivity index (χ0) is 23.2. The topological polar surface area (TPSA) is 61.4 Å². The molecule has 2 aromatic carbocycles. The highest BCUT2D eigenvalue weighted by molar-refractivity contribution is 5.74. The molecule has 6 heteroatoms. The van der Waals surface area contributed by atoms with Gasteiger partial charge in [0, 0.05) is 56.0 Å². The van der Waals surface area contributed by atoms with Crippen LogP contribution in [-0.2, 0) is 12.8 Å². The fourth-order valence-electron chi connectivity index (χ4n) is 4.38. The van der Waals surface area contributed by atoms with Crippen LogP contribution in [-0.4, -0.2) is 53.6 Å². The van der Waals surface area contributed by atoms with Crippen molar-refractivity contribution in [2.45, 2.75) is 33.6 Å². The molecule has 0 radical (unpaired) electrons. The summed E-state index contributed by atoms with van der Waals surface area (Å²) in [6.45, 7) is 9.76. The van der Waals surface area contributed by atoms with Crippen LogP contribution in [0.2, 0.25) is 0 Å². The number of nitrogens with zero attached hydrogens (tertiary/aromatic N) is 4. The lowest BCUT2D eigenvalue weighted by Crippen LogP contribution is -2.52. The molecule has 33 heavy (non-hydrogen) atoms. The van der Waals surface area contributed by atoms with Crippen LogP contribution in [0.3, 0.4) is 0 Å². The fourth-order valence-corrected chi connectivity index (χ4v) is 4.38. The van der Waals surface area contributed by atoms with Crippen LogP contribution in [0.5, 0.6) is 0 Å². The first kappa shape index (κ1) is 22.8. The standard InChI is InChI=1S/C27H33N5O/c1-4-24-23(19-21-11-9-10-20(3)18-21)26(30-25(29-24)22-12-7-6-8-13-22)31-14-16-32(17-15-31)27(33)28-5-2/h6-13,18H,4-5,14-17,19H2,1-3H3,(H,28,33). The van der Waals surface area contributed by atoms with Gasteiger partial charge in [-0.15, -0.1) is 0 Å². The molecule has 2 amide bonds. The van der Waals surface area contributed by atoms with Crippen LogP contribution in [0, 0.1) is 6.92 Å². The summed E-state index contributed by atoms with van der Waals surface area (Å²) in [6.07, 6.45) is 1.64. The second-order valence-corrected chi connectivity index (χ2v) is 8.49. The summed E-state index contributed by atoms with van der Waals surface area (Å²) in [4.78, 5) is 26.6. The summed E-state index contributed by atoms with van der Waals surface area (Å²) in [7, 11) is 0. The van der Waals surface area contributed by atoms with E-state index in [2.05, 4.69) is 60.5 Å². The van der Waals surface area contributed by atoms with Gasteiger partial charge in [0.25, 0.3) is 0 Å². The Kier molecular flexibility index (Phi) is 7.23. The third-order valence-electron chi connectivity index (χ3n) is 6.10. The number of urea groups is 1. The van der Waals surface area contributed by atoms with Crippen molar-refractivity contribution in [2.24, 2.45) is 0 Å². The van der Waals surface area contributed by atoms with Gasteiger partial charge in [-0.2, -0.15) is 0 Å². The predicted molar refractivity (Wildman–Crippen MR) is 134 cm³/mol. The van der Waals surface area contributed by atoms with Crippen molar-refractivity contribution in [1.29, 1.82) is 0 Å². The average Bonchev–Trinajstić information content (AvgIpc) is 2.85. The van der Waals surface area contributed by atoms with Gasteiger partial charge >= 0.3 is 6.03 Å². The van der Waals surface area contributed by atoms with Crippen molar-refractivity contribution in [1.82, 2.24) is 20.2 Å². The highest BCUT2D eigenvalue weighted by Crippen LogP contribution is 2.29. The number of carbonyl (C=O) groups excluding carboxylic acids is 1. The molecule has 1 fully saturated rings. The normalized spacial score (nSPS) is 13.8. The third-order valence-corrected chi connectivity index (χ3v) is 6.10. The molecule has 6 nitrogen and oxygen atoms in total. The Morgan fingerprint density at radius 1 is 0.970 bits per heavy atom. The van der Waals surface area contributed by atoms with Gasteiger partial charge in [0.1, 0.15) is 5.82 Å². The molecule has 0 spiro atoms. The average molecular weight is 444 g/mol. The largest absolute Gasteiger partial charge is 0.353 e. The van der Waals surface area contributed by atoms with Gasteiger partial charge in [-0.1, -0.05) is 67.1 Å². The lowest BCUT2D eigenvalue weighted by molar-refractivity contribution is 0.195. The maximum Gasteiger partial charge on any atom is 0.317 e. The fraction of sp³-hybridized carbons (Fsp3) is 0.370. The van der Waals surface area contributed by atoms with Crippen molar-refractivity contribution in [3.63, 3.8) is 0 Å². The number of aromatic nitrogens is 2. The number of hydrogen-bond donors (Lipinski definition) is 1. The summed E-state index contributed by atoms with van der Waals surface area (Å²) in [5.74, 6) is 1.76. The monoisotopic (exact) mass is 443 g/mol. The molecule has 0 bridgehead atoms. The zero-order valence-electron chi connectivity index (χ0n) is 19.8. The Hall–Kier alpha value is -3.41. The molecular weight excluding hydrogens is 410 g/mol. The van der Waals surface area contributed by atoms with E-state index in [1.54, 1.807) is 0 Å². The van der Waals surface area contributed by atoms with Gasteiger partial charge in [0.2, 0.25) is 0 Å². The quantitative estimate of drug-likeness (QED) is 0.611. The van der Waals surface area contributed by atoms with Crippen LogP contribution in [0.1, 0.15) is 36.2 Å². The lowest BCUT2D eigenvalue weighted by atomic mass is 10.00. The molecular formula is C27H33N5O. The Balaban J connectivity index is 1.71. The molecule has 0 unspecified atom stereocenters. The van der Waals surface area contributed by atoms with E-state index in [9.17, 15) is 4.79 Å². The SMILES string of the molecule is CCNC(=O)N1CCN(c2nc(-c3ccccc3)nc(CC)c2Cc2cccc(C)c2)CC1. The minimum absolute atomic E-state index is 0.0130. The summed E-state index contributed by atoms with van der Waals surface area (Å²) in [5.41, 5.74) is 5.82. The Labute approximate surface area is 196 Å². The van der Waals surface area contributed by atoms with E-state index >= 15 is 0 Å². The summed E-state index contributed by atoms with van der Waals surface area (Å²) in [5, 5.41) is 2.91. The van der Waals surface area contributed by atoms with E-state index < -0.39 is 0 Å². The molecule has 172 valence electrons. The molecule has 1 aromatic heterocycles. The minimum Gasteiger partial charge on any atom is -0.353 e. The molecule has 0 atom stereocenters. The van der Waals surface area contributed by atoms with E-state index in [1.165, 1.54) is 16.7 Å². The zero-order valence-corrected chi connectivity index (χ0v) is 19.8. The number of nitrogens with one attached hydrogen (secondary N) is 1. The van der Waals surface area contributed by atoms with Crippen molar-refractivity contribution in [2.75, 3.05) is 37.6 Å². The number of carbonyl (C=O) groups is 1. The first-order valence-electron chi connectivity index (χ1n) is 11.9. The van der Waals surface area contributed by atoms with E-state index in [0.717, 1.165) is 48.8 Å². The van der Waals surface area contributed by atoms with E-state index in [1.807, 2.05) is 30.0 Å². The van der Waals surface area contributed by atoms with Gasteiger partial charge in [0.15, 0.2) is 5.82 Å². The molecule has 0 aliphatic carbocycles. The Bertz CT molecular complexity index is 1090. The molecule has 1 aliphatic rings. The van der Waals surface area contributed by atoms with Crippen molar-refractivity contribution in [3.05, 3.63) is 77.0 Å². The van der Waals surface area contributed by atoms with Crippen LogP contribution < -0.4 is 10.2 Å². The molecule has 1 saturated heterocycles. The van der Waals surface area contributed by atoms with Gasteiger partial charge in [-0.05, 0) is 25.8 Å². The van der Waals surface area contributed by atoms with Crippen molar-refractivity contribution in [3.8, 4) is 11.4 Å². The highest BCUT2D eigenvalue weighted by Gasteiger charge is 2.25. The Morgan fingerprint density at radius 2 is 1.73 bits per heavy atom. The third kappa shape index (κ3) is 5.33. The van der Waals surface area contributed by atoms with Crippen molar-refractivity contribution < 1.29 is 4.79 Å². The van der Waals surface area contributed by atoms with E-state index in [-0.39, 0.29) is 6.03 Å². The van der Waals surface area contributed by atoms with Crippen LogP contribution in [0.25, 0.3) is 11.4 Å². The Morgan fingerprint density at radius 3 is 2.39 bits per heavy atom. The first-order chi connectivity index (χ1) is 16.1. The van der Waals surface area contributed by atoms with Gasteiger partial charge in [-0.25, -0.2) is 14.8 Å². The smallest absolute Gasteiger partial charge is 0.317 e. The number of amides is 2. The van der Waals surface area contributed by atoms with Gasteiger partial charge in [-0.3, -0.25) is 0 Å². The van der Waals surface area contributed by atoms with E-state index in [4.69, 9.17) is 9.97 Å². The lowest BCUT2D eigenvalue weighted by Gasteiger charge is -2.36. The molecule has 1 N–H and O–H groups in total. The van der Waals surface area contributed by atoms with Gasteiger partial charge < -0.3 is 15.1 Å². The molecule has 0 saturated carbocycles. The van der Waals surface area contributed by atoms with Crippen LogP contribution in [0.15, 0.2) is 54.6 Å². The first-order valence-corrected chi connectivity index (χ1v) is 11.9. The highest BCUT2D eigenvalue weighted by atomic mass is 16.2. The molecule has 4 rings (SSSR count). The minimum atomic E-state index is 0.0130. The van der Waals surface area contributed by atoms with Crippen molar-refractivity contribution >= 4 is 11.8 Å². The molecule has 2 heterocycles. The number of rotatable bonds is 6. The summed E-state index contributed by atoms with van der Waals surface area (Å²) < 4.78 is 0. The van der Waals surface area contributed by atoms with E-state index in [0.29, 0.717) is 19.6 Å². The molecule has 3 aromatic rings. The number of aryl methyl sites for hydroxylation is 2. The number of anilines is 1. The second kappa shape index (κ2) is 10.5. The summed E-state index contributed by atoms with van der Waals surface area (Å²) >= 11 is 0. The number of benzene rings is 2. The number of piperazine rings is 1. The van der Waals surface area contributed by atoms with Gasteiger partial charge in [0.05, 0.1) is 0 Å². The summed E-state index contributed by atoms with van der Waals surface area (Å²) in [6, 6.07) is 18.8.